The van der Waals surface area contributed by atoms with Gasteiger partial charge in [-0.25, -0.2) is 0 Å². The summed E-state index contributed by atoms with van der Waals surface area (Å²) in [6.45, 7) is 3.40. The number of hydrogen-bond donors (Lipinski definition) is 0. The van der Waals surface area contributed by atoms with Crippen molar-refractivity contribution < 1.29 is 13.9 Å². The second kappa shape index (κ2) is 5.24. The molecule has 2 aromatic rings. The Morgan fingerprint density at radius 2 is 2.10 bits per heavy atom. The van der Waals surface area contributed by atoms with Crippen LogP contribution in [0.3, 0.4) is 0 Å². The van der Waals surface area contributed by atoms with E-state index in [9.17, 15) is 4.79 Å². The molecule has 0 bridgehead atoms. The summed E-state index contributed by atoms with van der Waals surface area (Å²) in [4.78, 5) is 11.6. The minimum absolute atomic E-state index is 0.0360. The third-order valence-electron chi connectivity index (χ3n) is 3.93. The number of benzene rings is 1. The smallest absolute Gasteiger partial charge is 0.163 e. The number of furan rings is 1. The number of rotatable bonds is 3. The summed E-state index contributed by atoms with van der Waals surface area (Å²) in [7, 11) is 1.68. The van der Waals surface area contributed by atoms with E-state index in [0.717, 1.165) is 35.5 Å². The van der Waals surface area contributed by atoms with Gasteiger partial charge in [-0.15, -0.1) is 0 Å². The molecule has 1 aliphatic carbocycles. The number of ketones is 1. The van der Waals surface area contributed by atoms with E-state index in [-0.39, 0.29) is 5.78 Å². The number of carbonyl (C=O) groups is 1. The van der Waals surface area contributed by atoms with Crippen molar-refractivity contribution in [3.05, 3.63) is 58.6 Å². The van der Waals surface area contributed by atoms with Crippen molar-refractivity contribution in [1.29, 1.82) is 0 Å². The molecule has 0 saturated heterocycles. The molecule has 3 heteroatoms. The molecule has 108 valence electrons. The normalized spacial score (nSPS) is 13.6. The molecule has 0 unspecified atom stereocenters. The summed E-state index contributed by atoms with van der Waals surface area (Å²) in [5.74, 6) is 2.35. The minimum Gasteiger partial charge on any atom is -0.497 e. The van der Waals surface area contributed by atoms with Gasteiger partial charge >= 0.3 is 0 Å². The van der Waals surface area contributed by atoms with Gasteiger partial charge in [0.15, 0.2) is 5.78 Å². The van der Waals surface area contributed by atoms with Crippen LogP contribution < -0.4 is 4.74 Å². The van der Waals surface area contributed by atoms with Gasteiger partial charge in [0.25, 0.3) is 0 Å². The first-order valence-electron chi connectivity index (χ1n) is 7.09. The van der Waals surface area contributed by atoms with Crippen LogP contribution in [0, 0.1) is 6.92 Å². The Morgan fingerprint density at radius 3 is 2.76 bits per heavy atom. The van der Waals surface area contributed by atoms with Crippen molar-refractivity contribution in [2.24, 2.45) is 0 Å². The molecule has 1 aliphatic rings. The summed E-state index contributed by atoms with van der Waals surface area (Å²) in [6, 6.07) is 7.94. The van der Waals surface area contributed by atoms with Gasteiger partial charge in [0, 0.05) is 5.57 Å². The predicted octanol–water partition coefficient (Wildman–Crippen LogP) is 4.18. The van der Waals surface area contributed by atoms with E-state index in [0.29, 0.717) is 11.3 Å². The molecule has 3 nitrogen and oxygen atoms in total. The van der Waals surface area contributed by atoms with Gasteiger partial charge in [0.05, 0.1) is 12.7 Å². The van der Waals surface area contributed by atoms with Crippen LogP contribution in [0.15, 0.2) is 34.8 Å². The van der Waals surface area contributed by atoms with E-state index in [1.54, 1.807) is 14.0 Å². The lowest BCUT2D eigenvalue weighted by Gasteiger charge is -2.17. The largest absolute Gasteiger partial charge is 0.497 e. The zero-order valence-electron chi connectivity index (χ0n) is 12.5. The van der Waals surface area contributed by atoms with Crippen LogP contribution in [0.5, 0.6) is 5.75 Å². The molecule has 1 heterocycles. The van der Waals surface area contributed by atoms with Crippen molar-refractivity contribution in [2.75, 3.05) is 7.11 Å². The summed E-state index contributed by atoms with van der Waals surface area (Å²) >= 11 is 0. The lowest BCUT2D eigenvalue weighted by atomic mass is 9.89. The number of carbonyl (C=O) groups excluding carboxylic acids is 1. The molecule has 21 heavy (non-hydrogen) atoms. The lowest BCUT2D eigenvalue weighted by molar-refractivity contribution is 0.101. The quantitative estimate of drug-likeness (QED) is 0.793. The maximum absolute atomic E-state index is 11.6. The van der Waals surface area contributed by atoms with Gasteiger partial charge in [-0.2, -0.15) is 0 Å². The van der Waals surface area contributed by atoms with Crippen LogP contribution in [0.4, 0.5) is 0 Å². The number of ether oxygens (including phenoxy) is 1. The van der Waals surface area contributed by atoms with E-state index >= 15 is 0 Å². The number of fused-ring (bicyclic) bond motifs is 1. The zero-order valence-corrected chi connectivity index (χ0v) is 12.5. The Morgan fingerprint density at radius 1 is 1.29 bits per heavy atom. The van der Waals surface area contributed by atoms with Crippen molar-refractivity contribution >= 4 is 11.4 Å². The Bertz CT molecular complexity index is 735. The Labute approximate surface area is 124 Å². The number of aryl methyl sites for hydroxylation is 2. The third kappa shape index (κ3) is 2.40. The topological polar surface area (TPSA) is 39.4 Å². The van der Waals surface area contributed by atoms with Crippen LogP contribution in [-0.2, 0) is 6.42 Å². The lowest BCUT2D eigenvalue weighted by Crippen LogP contribution is -2.01. The molecule has 3 rings (SSSR count). The molecule has 0 N–H and O–H groups in total. The molecule has 0 fully saturated rings. The molecule has 0 saturated carbocycles. The third-order valence-corrected chi connectivity index (χ3v) is 3.93. The minimum atomic E-state index is 0.0360. The molecular weight excluding hydrogens is 264 g/mol. The molecule has 0 radical (unpaired) electrons. The zero-order chi connectivity index (χ0) is 15.0. The molecule has 0 amide bonds. The first-order chi connectivity index (χ1) is 10.1. The SMILES string of the molecule is COc1ccc2c(c1)CCC=C2c1cc(C(C)=O)c(C)o1. The monoisotopic (exact) mass is 282 g/mol. The first-order valence-corrected chi connectivity index (χ1v) is 7.09. The highest BCUT2D eigenvalue weighted by atomic mass is 16.5. The fraction of sp³-hybridized carbons (Fsp3) is 0.278. The second-order valence-electron chi connectivity index (χ2n) is 5.32. The van der Waals surface area contributed by atoms with Crippen LogP contribution in [0.25, 0.3) is 5.57 Å². The predicted molar refractivity (Wildman–Crippen MR) is 81.8 cm³/mol. The van der Waals surface area contributed by atoms with Gasteiger partial charge < -0.3 is 9.15 Å². The van der Waals surface area contributed by atoms with Crippen molar-refractivity contribution in [1.82, 2.24) is 0 Å². The Balaban J connectivity index is 2.07. The maximum Gasteiger partial charge on any atom is 0.163 e. The number of Topliss-reactive ketones (excluding diaryl/α,β-unsaturated/α-hetero) is 1. The number of allylic oxidation sites excluding steroid dienone is 1. The number of methoxy groups -OCH3 is 1. The Kier molecular flexibility index (Phi) is 3.42. The highest BCUT2D eigenvalue weighted by Gasteiger charge is 2.20. The van der Waals surface area contributed by atoms with Crippen molar-refractivity contribution in [3.63, 3.8) is 0 Å². The number of hydrogen-bond acceptors (Lipinski definition) is 3. The van der Waals surface area contributed by atoms with Gasteiger partial charge in [-0.05, 0) is 56.0 Å². The fourth-order valence-corrected chi connectivity index (χ4v) is 2.85. The van der Waals surface area contributed by atoms with Crippen LogP contribution in [-0.4, -0.2) is 12.9 Å². The summed E-state index contributed by atoms with van der Waals surface area (Å²) in [5.41, 5.74) is 4.14. The molecule has 1 aromatic heterocycles. The highest BCUT2D eigenvalue weighted by Crippen LogP contribution is 2.35. The average Bonchev–Trinajstić information content (AvgIpc) is 2.88. The molecular formula is C18H18O3. The Hall–Kier alpha value is -2.29. The van der Waals surface area contributed by atoms with E-state index in [1.807, 2.05) is 19.1 Å². The van der Waals surface area contributed by atoms with Crippen molar-refractivity contribution in [2.45, 2.75) is 26.7 Å². The van der Waals surface area contributed by atoms with Gasteiger partial charge in [-0.3, -0.25) is 4.79 Å². The van der Waals surface area contributed by atoms with E-state index < -0.39 is 0 Å². The van der Waals surface area contributed by atoms with E-state index in [2.05, 4.69) is 18.2 Å². The van der Waals surface area contributed by atoms with Crippen LogP contribution in [0.2, 0.25) is 0 Å². The molecule has 0 spiro atoms. The summed E-state index contributed by atoms with van der Waals surface area (Å²) in [5, 5.41) is 0. The first kappa shape index (κ1) is 13.7. The molecule has 0 aliphatic heterocycles. The standard InChI is InChI=1S/C18H18O3/c1-11(19)17-10-18(21-12(17)2)16-6-4-5-13-9-14(20-3)7-8-15(13)16/h6-10H,4-5H2,1-3H3. The molecule has 0 atom stereocenters. The van der Waals surface area contributed by atoms with Crippen LogP contribution >= 0.6 is 0 Å². The second-order valence-corrected chi connectivity index (χ2v) is 5.32. The average molecular weight is 282 g/mol. The summed E-state index contributed by atoms with van der Waals surface area (Å²) < 4.78 is 11.1. The van der Waals surface area contributed by atoms with Gasteiger partial charge in [0.1, 0.15) is 17.3 Å². The highest BCUT2D eigenvalue weighted by molar-refractivity contribution is 5.96. The van der Waals surface area contributed by atoms with Gasteiger partial charge in [-0.1, -0.05) is 12.1 Å². The van der Waals surface area contributed by atoms with E-state index in [1.165, 1.54) is 5.56 Å². The fourth-order valence-electron chi connectivity index (χ4n) is 2.85. The summed E-state index contributed by atoms with van der Waals surface area (Å²) in [6.07, 6.45) is 4.14. The van der Waals surface area contributed by atoms with Crippen LogP contribution in [0.1, 0.15) is 46.3 Å². The van der Waals surface area contributed by atoms with Gasteiger partial charge in [0.2, 0.25) is 0 Å². The maximum atomic E-state index is 11.6. The molecule has 1 aromatic carbocycles. The van der Waals surface area contributed by atoms with Crippen molar-refractivity contribution in [3.8, 4) is 5.75 Å². The van der Waals surface area contributed by atoms with E-state index in [4.69, 9.17) is 9.15 Å².